The number of halogens is 1. The Labute approximate surface area is 137 Å². The van der Waals surface area contributed by atoms with Crippen LogP contribution in [0, 0.1) is 10.1 Å². The highest BCUT2D eigenvalue weighted by atomic mass is 35.5. The van der Waals surface area contributed by atoms with Gasteiger partial charge in [-0.15, -0.1) is 0 Å². The smallest absolute Gasteiger partial charge is 0.353 e. The summed E-state index contributed by atoms with van der Waals surface area (Å²) in [7, 11) is 0. The predicted molar refractivity (Wildman–Crippen MR) is 86.2 cm³/mol. The van der Waals surface area contributed by atoms with Gasteiger partial charge in [0, 0.05) is 19.3 Å². The highest BCUT2D eigenvalue weighted by Gasteiger charge is 2.26. The molecule has 10 heteroatoms. The second-order valence-electron chi connectivity index (χ2n) is 4.44. The third-order valence-electron chi connectivity index (χ3n) is 3.01. The molecule has 0 amide bonds. The number of nitrogens with one attached hydrogen (secondary N) is 1. The number of anilines is 3. The van der Waals surface area contributed by atoms with Crippen LogP contribution in [0.4, 0.5) is 23.1 Å². The van der Waals surface area contributed by atoms with Crippen molar-refractivity contribution in [2.24, 2.45) is 0 Å². The molecule has 122 valence electrons. The molecule has 0 spiro atoms. The van der Waals surface area contributed by atoms with Gasteiger partial charge in [0.05, 0.1) is 16.6 Å². The third kappa shape index (κ3) is 4.02. The van der Waals surface area contributed by atoms with Crippen molar-refractivity contribution in [2.75, 3.05) is 29.9 Å². The molecule has 0 aliphatic rings. The lowest BCUT2D eigenvalue weighted by Crippen LogP contribution is -2.28. The summed E-state index contributed by atoms with van der Waals surface area (Å²) in [5, 5.41) is 23.8. The molecule has 9 nitrogen and oxygen atoms in total. The van der Waals surface area contributed by atoms with Crippen LogP contribution in [0.25, 0.3) is 0 Å². The SMILES string of the molecule is CCN(CCO)c1ncnc(Nc2ccc(Cl)cn2)c1[N+](=O)[O-]. The van der Waals surface area contributed by atoms with Gasteiger partial charge in [-0.1, -0.05) is 11.6 Å². The Balaban J connectivity index is 2.43. The molecular formula is C13H15ClN6O3. The van der Waals surface area contributed by atoms with Gasteiger partial charge in [-0.05, 0) is 19.1 Å². The minimum Gasteiger partial charge on any atom is -0.395 e. The Hall–Kier alpha value is -2.52. The number of nitro groups is 1. The second-order valence-corrected chi connectivity index (χ2v) is 4.88. The van der Waals surface area contributed by atoms with Crippen molar-refractivity contribution < 1.29 is 10.0 Å². The first-order chi connectivity index (χ1) is 11.1. The van der Waals surface area contributed by atoms with Gasteiger partial charge in [0.15, 0.2) is 0 Å². The van der Waals surface area contributed by atoms with Crippen molar-refractivity contribution in [1.82, 2.24) is 15.0 Å². The zero-order chi connectivity index (χ0) is 16.8. The van der Waals surface area contributed by atoms with E-state index in [1.165, 1.54) is 12.5 Å². The molecule has 0 fully saturated rings. The number of aliphatic hydroxyl groups excluding tert-OH is 1. The van der Waals surface area contributed by atoms with E-state index in [0.29, 0.717) is 17.4 Å². The van der Waals surface area contributed by atoms with Crippen LogP contribution in [-0.2, 0) is 0 Å². The molecule has 0 unspecified atom stereocenters. The van der Waals surface area contributed by atoms with Crippen LogP contribution in [0.5, 0.6) is 0 Å². The summed E-state index contributed by atoms with van der Waals surface area (Å²) in [6.45, 7) is 2.36. The predicted octanol–water partition coefficient (Wildman–Crippen LogP) is 2.00. The zero-order valence-electron chi connectivity index (χ0n) is 12.3. The number of rotatable bonds is 7. The molecule has 0 saturated carbocycles. The molecule has 2 heterocycles. The molecule has 2 rings (SSSR count). The first kappa shape index (κ1) is 16.8. The molecule has 2 aromatic heterocycles. The normalized spacial score (nSPS) is 10.4. The van der Waals surface area contributed by atoms with Gasteiger partial charge >= 0.3 is 5.69 Å². The summed E-state index contributed by atoms with van der Waals surface area (Å²) in [6, 6.07) is 3.19. The van der Waals surface area contributed by atoms with E-state index in [0.717, 1.165) is 0 Å². The number of aromatic nitrogens is 3. The highest BCUT2D eigenvalue weighted by molar-refractivity contribution is 6.30. The maximum atomic E-state index is 11.5. The number of aliphatic hydroxyl groups is 1. The molecule has 0 aliphatic carbocycles. The summed E-state index contributed by atoms with van der Waals surface area (Å²) < 4.78 is 0. The number of hydrogen-bond donors (Lipinski definition) is 2. The molecule has 0 saturated heterocycles. The average Bonchev–Trinajstić information content (AvgIpc) is 2.54. The Kier molecular flexibility index (Phi) is 5.61. The lowest BCUT2D eigenvalue weighted by Gasteiger charge is -2.20. The van der Waals surface area contributed by atoms with Crippen molar-refractivity contribution in [3.05, 3.63) is 39.8 Å². The van der Waals surface area contributed by atoms with Gasteiger partial charge in [0.1, 0.15) is 12.1 Å². The van der Waals surface area contributed by atoms with Crippen molar-refractivity contribution >= 4 is 34.7 Å². The van der Waals surface area contributed by atoms with Gasteiger partial charge < -0.3 is 15.3 Å². The molecule has 0 aliphatic heterocycles. The summed E-state index contributed by atoms with van der Waals surface area (Å²) in [5.74, 6) is 0.525. The monoisotopic (exact) mass is 338 g/mol. The fourth-order valence-electron chi connectivity index (χ4n) is 1.97. The highest BCUT2D eigenvalue weighted by Crippen LogP contribution is 2.33. The van der Waals surface area contributed by atoms with Crippen molar-refractivity contribution in [3.63, 3.8) is 0 Å². The minimum absolute atomic E-state index is 0.0196. The number of likely N-dealkylation sites (N-methyl/N-ethyl adjacent to an activating group) is 1. The lowest BCUT2D eigenvalue weighted by atomic mass is 10.3. The van der Waals surface area contributed by atoms with Crippen LogP contribution in [-0.4, -0.2) is 44.7 Å². The Morgan fingerprint density at radius 1 is 1.39 bits per heavy atom. The molecule has 0 radical (unpaired) electrons. The number of hydrogen-bond acceptors (Lipinski definition) is 8. The molecule has 2 aromatic rings. The Morgan fingerprint density at radius 2 is 2.17 bits per heavy atom. The Morgan fingerprint density at radius 3 is 2.74 bits per heavy atom. The quantitative estimate of drug-likeness (QED) is 0.581. The van der Waals surface area contributed by atoms with Crippen LogP contribution < -0.4 is 10.2 Å². The summed E-state index contributed by atoms with van der Waals surface area (Å²) in [4.78, 5) is 24.4. The maximum absolute atomic E-state index is 11.5. The summed E-state index contributed by atoms with van der Waals surface area (Å²) in [5.41, 5.74) is -0.278. The van der Waals surface area contributed by atoms with Gasteiger partial charge in [-0.2, -0.15) is 0 Å². The zero-order valence-corrected chi connectivity index (χ0v) is 13.1. The van der Waals surface area contributed by atoms with E-state index in [2.05, 4.69) is 20.3 Å². The van der Waals surface area contributed by atoms with Crippen molar-refractivity contribution in [3.8, 4) is 0 Å². The largest absolute Gasteiger partial charge is 0.395 e. The number of pyridine rings is 1. The first-order valence-corrected chi connectivity index (χ1v) is 7.18. The average molecular weight is 339 g/mol. The fourth-order valence-corrected chi connectivity index (χ4v) is 2.08. The van der Waals surface area contributed by atoms with Crippen LogP contribution in [0.15, 0.2) is 24.7 Å². The fraction of sp³-hybridized carbons (Fsp3) is 0.308. The summed E-state index contributed by atoms with van der Waals surface area (Å²) >= 11 is 5.76. The van der Waals surface area contributed by atoms with E-state index in [1.54, 1.807) is 17.0 Å². The van der Waals surface area contributed by atoms with E-state index in [4.69, 9.17) is 16.7 Å². The minimum atomic E-state index is -0.562. The van der Waals surface area contributed by atoms with Crippen LogP contribution in [0.2, 0.25) is 5.02 Å². The van der Waals surface area contributed by atoms with E-state index >= 15 is 0 Å². The molecule has 0 atom stereocenters. The van der Waals surface area contributed by atoms with Gasteiger partial charge in [0.2, 0.25) is 11.6 Å². The van der Waals surface area contributed by atoms with E-state index in [9.17, 15) is 10.1 Å². The third-order valence-corrected chi connectivity index (χ3v) is 3.23. The van der Waals surface area contributed by atoms with Gasteiger partial charge in [-0.3, -0.25) is 10.1 Å². The van der Waals surface area contributed by atoms with Crippen molar-refractivity contribution in [2.45, 2.75) is 6.92 Å². The van der Waals surface area contributed by atoms with E-state index in [-0.39, 0.29) is 30.5 Å². The van der Waals surface area contributed by atoms with E-state index < -0.39 is 4.92 Å². The van der Waals surface area contributed by atoms with Crippen LogP contribution in [0.3, 0.4) is 0 Å². The Bertz CT molecular complexity index is 682. The molecule has 0 aromatic carbocycles. The van der Waals surface area contributed by atoms with Crippen molar-refractivity contribution in [1.29, 1.82) is 0 Å². The van der Waals surface area contributed by atoms with Crippen LogP contribution in [0.1, 0.15) is 6.92 Å². The lowest BCUT2D eigenvalue weighted by molar-refractivity contribution is -0.383. The summed E-state index contributed by atoms with van der Waals surface area (Å²) in [6.07, 6.45) is 2.64. The molecule has 2 N–H and O–H groups in total. The topological polar surface area (TPSA) is 117 Å². The van der Waals surface area contributed by atoms with Gasteiger partial charge in [-0.25, -0.2) is 15.0 Å². The molecular weight excluding hydrogens is 324 g/mol. The second kappa shape index (κ2) is 7.65. The molecule has 23 heavy (non-hydrogen) atoms. The van der Waals surface area contributed by atoms with Gasteiger partial charge in [0.25, 0.3) is 0 Å². The maximum Gasteiger partial charge on any atom is 0.353 e. The number of nitrogens with zero attached hydrogens (tertiary/aromatic N) is 5. The molecule has 0 bridgehead atoms. The first-order valence-electron chi connectivity index (χ1n) is 6.80. The standard InChI is InChI=1S/C13H15ClN6O3/c1-2-19(5-6-21)13-11(20(22)23)12(16-8-17-13)18-10-4-3-9(14)7-15-10/h3-4,7-8,21H,2,5-6H2,1H3,(H,15,16,17,18). The van der Waals surface area contributed by atoms with Crippen LogP contribution >= 0.6 is 11.6 Å². The van der Waals surface area contributed by atoms with E-state index in [1.807, 2.05) is 6.92 Å².